The van der Waals surface area contributed by atoms with Gasteiger partial charge in [-0.05, 0) is 38.5 Å². The molecular formula is C11H22N2O2. The Morgan fingerprint density at radius 1 is 1.47 bits per heavy atom. The molecule has 0 saturated heterocycles. The predicted molar refractivity (Wildman–Crippen MR) is 59.2 cm³/mol. The molecule has 0 aromatic heterocycles. The van der Waals surface area contributed by atoms with Gasteiger partial charge in [-0.3, -0.25) is 4.79 Å². The van der Waals surface area contributed by atoms with Gasteiger partial charge in [0.15, 0.2) is 0 Å². The number of hydrogen-bond acceptors (Lipinski definition) is 3. The molecule has 0 aromatic rings. The molecule has 1 aliphatic rings. The molecule has 0 aromatic carbocycles. The van der Waals surface area contributed by atoms with Gasteiger partial charge in [-0.1, -0.05) is 6.42 Å². The predicted octanol–water partition coefficient (Wildman–Crippen LogP) is 0.248. The zero-order valence-electron chi connectivity index (χ0n) is 9.62. The molecule has 1 saturated carbocycles. The van der Waals surface area contributed by atoms with Gasteiger partial charge in [0.25, 0.3) is 0 Å². The number of aliphatic hydroxyl groups excluding tert-OH is 1. The van der Waals surface area contributed by atoms with Gasteiger partial charge in [-0.2, -0.15) is 0 Å². The Balaban J connectivity index is 2.34. The summed E-state index contributed by atoms with van der Waals surface area (Å²) in [4.78, 5) is 11.5. The number of nitrogens with one attached hydrogen (secondary N) is 1. The van der Waals surface area contributed by atoms with E-state index < -0.39 is 5.54 Å². The first-order valence-corrected chi connectivity index (χ1v) is 5.63. The highest BCUT2D eigenvalue weighted by atomic mass is 16.3. The van der Waals surface area contributed by atoms with Crippen LogP contribution in [0.4, 0.5) is 0 Å². The van der Waals surface area contributed by atoms with Gasteiger partial charge in [-0.25, -0.2) is 0 Å². The summed E-state index contributed by atoms with van der Waals surface area (Å²) < 4.78 is 0. The molecule has 2 unspecified atom stereocenters. The van der Waals surface area contributed by atoms with Crippen LogP contribution in [0.25, 0.3) is 0 Å². The number of carbonyl (C=O) groups excluding carboxylic acids is 1. The van der Waals surface area contributed by atoms with Gasteiger partial charge in [-0.15, -0.1) is 0 Å². The van der Waals surface area contributed by atoms with Crippen LogP contribution in [0.3, 0.4) is 0 Å². The van der Waals surface area contributed by atoms with Crippen LogP contribution in [0.5, 0.6) is 0 Å². The van der Waals surface area contributed by atoms with Crippen molar-refractivity contribution in [2.24, 2.45) is 17.6 Å². The van der Waals surface area contributed by atoms with E-state index in [1.807, 2.05) is 0 Å². The Kier molecular flexibility index (Phi) is 4.11. The van der Waals surface area contributed by atoms with Crippen molar-refractivity contribution in [3.8, 4) is 0 Å². The van der Waals surface area contributed by atoms with E-state index in [4.69, 9.17) is 10.8 Å². The smallest absolute Gasteiger partial charge is 0.239 e. The summed E-state index contributed by atoms with van der Waals surface area (Å²) in [5.74, 6) is 0.651. The SMILES string of the molecule is CC(C)(N)C(=O)NCC1CCCC1CO. The van der Waals surface area contributed by atoms with Gasteiger partial charge < -0.3 is 16.2 Å². The van der Waals surface area contributed by atoms with Crippen LogP contribution in [0.1, 0.15) is 33.1 Å². The minimum Gasteiger partial charge on any atom is -0.396 e. The summed E-state index contributed by atoms with van der Waals surface area (Å²) in [5.41, 5.74) is 4.86. The molecular weight excluding hydrogens is 192 g/mol. The fourth-order valence-corrected chi connectivity index (χ4v) is 2.07. The molecule has 1 rings (SSSR count). The maximum Gasteiger partial charge on any atom is 0.239 e. The Hall–Kier alpha value is -0.610. The highest BCUT2D eigenvalue weighted by Gasteiger charge is 2.28. The first-order valence-electron chi connectivity index (χ1n) is 5.63. The highest BCUT2D eigenvalue weighted by Crippen LogP contribution is 2.30. The minimum absolute atomic E-state index is 0.119. The van der Waals surface area contributed by atoms with Crippen molar-refractivity contribution in [2.75, 3.05) is 13.2 Å². The van der Waals surface area contributed by atoms with Crippen LogP contribution >= 0.6 is 0 Å². The number of carbonyl (C=O) groups is 1. The lowest BCUT2D eigenvalue weighted by atomic mass is 9.96. The number of rotatable bonds is 4. The van der Waals surface area contributed by atoms with Crippen LogP contribution in [0.2, 0.25) is 0 Å². The normalized spacial score (nSPS) is 26.7. The van der Waals surface area contributed by atoms with Crippen molar-refractivity contribution in [1.29, 1.82) is 0 Å². The highest BCUT2D eigenvalue weighted by molar-refractivity contribution is 5.84. The van der Waals surface area contributed by atoms with Crippen LogP contribution in [-0.4, -0.2) is 29.7 Å². The summed E-state index contributed by atoms with van der Waals surface area (Å²) in [6.07, 6.45) is 3.32. The molecule has 4 nitrogen and oxygen atoms in total. The lowest BCUT2D eigenvalue weighted by Crippen LogP contribution is -2.50. The van der Waals surface area contributed by atoms with Gasteiger partial charge in [0.05, 0.1) is 5.54 Å². The zero-order chi connectivity index (χ0) is 11.5. The third-order valence-electron chi connectivity index (χ3n) is 3.16. The van der Waals surface area contributed by atoms with Crippen LogP contribution < -0.4 is 11.1 Å². The number of aliphatic hydroxyl groups is 1. The molecule has 1 amide bonds. The summed E-state index contributed by atoms with van der Waals surface area (Å²) in [6.45, 7) is 4.26. The molecule has 4 heteroatoms. The molecule has 1 fully saturated rings. The number of amides is 1. The second-order valence-electron chi connectivity index (χ2n) is 5.07. The van der Waals surface area contributed by atoms with E-state index in [-0.39, 0.29) is 12.5 Å². The average Bonchev–Trinajstić information content (AvgIpc) is 2.59. The van der Waals surface area contributed by atoms with E-state index in [1.54, 1.807) is 13.8 Å². The van der Waals surface area contributed by atoms with Crippen molar-refractivity contribution >= 4 is 5.91 Å². The van der Waals surface area contributed by atoms with Crippen molar-refractivity contribution in [3.05, 3.63) is 0 Å². The Labute approximate surface area is 91.2 Å². The van der Waals surface area contributed by atoms with Crippen LogP contribution in [0.15, 0.2) is 0 Å². The molecule has 0 aliphatic heterocycles. The topological polar surface area (TPSA) is 75.4 Å². The molecule has 4 N–H and O–H groups in total. The van der Waals surface area contributed by atoms with Crippen molar-refractivity contribution in [1.82, 2.24) is 5.32 Å². The number of hydrogen-bond donors (Lipinski definition) is 3. The molecule has 2 atom stereocenters. The van der Waals surface area contributed by atoms with Crippen molar-refractivity contribution in [3.63, 3.8) is 0 Å². The van der Waals surface area contributed by atoms with E-state index in [0.717, 1.165) is 19.3 Å². The summed E-state index contributed by atoms with van der Waals surface area (Å²) in [6, 6.07) is 0. The molecule has 88 valence electrons. The summed E-state index contributed by atoms with van der Waals surface area (Å²) >= 11 is 0. The third-order valence-corrected chi connectivity index (χ3v) is 3.16. The summed E-state index contributed by atoms with van der Waals surface area (Å²) in [7, 11) is 0. The van der Waals surface area contributed by atoms with Gasteiger partial charge in [0.2, 0.25) is 5.91 Å². The van der Waals surface area contributed by atoms with Gasteiger partial charge in [0, 0.05) is 13.2 Å². The lowest BCUT2D eigenvalue weighted by Gasteiger charge is -2.22. The molecule has 1 aliphatic carbocycles. The van der Waals surface area contributed by atoms with E-state index in [2.05, 4.69) is 5.32 Å². The average molecular weight is 214 g/mol. The monoisotopic (exact) mass is 214 g/mol. The van der Waals surface area contributed by atoms with E-state index in [1.165, 1.54) is 0 Å². The largest absolute Gasteiger partial charge is 0.396 e. The van der Waals surface area contributed by atoms with Crippen molar-refractivity contribution < 1.29 is 9.90 Å². The fraction of sp³-hybridized carbons (Fsp3) is 0.909. The fourth-order valence-electron chi connectivity index (χ4n) is 2.07. The third kappa shape index (κ3) is 3.47. The minimum atomic E-state index is -0.812. The molecule has 0 radical (unpaired) electrons. The quantitative estimate of drug-likeness (QED) is 0.628. The molecule has 0 spiro atoms. The maximum absolute atomic E-state index is 11.5. The maximum atomic E-state index is 11.5. The summed E-state index contributed by atoms with van der Waals surface area (Å²) in [5, 5.41) is 12.0. The van der Waals surface area contributed by atoms with E-state index in [0.29, 0.717) is 18.4 Å². The Morgan fingerprint density at radius 2 is 2.07 bits per heavy atom. The zero-order valence-corrected chi connectivity index (χ0v) is 9.62. The molecule has 0 heterocycles. The molecule has 15 heavy (non-hydrogen) atoms. The van der Waals surface area contributed by atoms with Gasteiger partial charge in [0.1, 0.15) is 0 Å². The standard InChI is InChI=1S/C11H22N2O2/c1-11(2,12)10(15)13-6-8-4-3-5-9(8)7-14/h8-9,14H,3-7,12H2,1-2H3,(H,13,15). The van der Waals surface area contributed by atoms with Gasteiger partial charge >= 0.3 is 0 Å². The lowest BCUT2D eigenvalue weighted by molar-refractivity contribution is -0.125. The van der Waals surface area contributed by atoms with E-state index in [9.17, 15) is 4.79 Å². The number of nitrogens with two attached hydrogens (primary N) is 1. The first-order chi connectivity index (χ1) is 6.95. The Bertz CT molecular complexity index is 223. The first kappa shape index (κ1) is 12.5. The van der Waals surface area contributed by atoms with Crippen molar-refractivity contribution in [2.45, 2.75) is 38.6 Å². The van der Waals surface area contributed by atoms with E-state index >= 15 is 0 Å². The van der Waals surface area contributed by atoms with Crippen LogP contribution in [-0.2, 0) is 4.79 Å². The second-order valence-corrected chi connectivity index (χ2v) is 5.07. The van der Waals surface area contributed by atoms with Crippen LogP contribution in [0, 0.1) is 11.8 Å². The molecule has 0 bridgehead atoms. The Morgan fingerprint density at radius 3 is 2.60 bits per heavy atom. The second kappa shape index (κ2) is 4.94.